The Balaban J connectivity index is 2.63. The van der Waals surface area contributed by atoms with E-state index in [1.807, 2.05) is 44.2 Å². The summed E-state index contributed by atoms with van der Waals surface area (Å²) in [5, 5.41) is 0. The van der Waals surface area contributed by atoms with Crippen molar-refractivity contribution in [3.63, 3.8) is 0 Å². The van der Waals surface area contributed by atoms with Crippen molar-refractivity contribution in [2.24, 2.45) is 0 Å². The lowest BCUT2D eigenvalue weighted by molar-refractivity contribution is 0.356. The molecule has 1 aromatic heterocycles. The molecule has 0 atom stereocenters. The molecule has 1 heterocycles. The maximum absolute atomic E-state index is 5.50. The molecule has 0 fully saturated rings. The summed E-state index contributed by atoms with van der Waals surface area (Å²) in [4.78, 5) is 0. The lowest BCUT2D eigenvalue weighted by Gasteiger charge is -2.11. The highest BCUT2D eigenvalue weighted by Crippen LogP contribution is 2.38. The van der Waals surface area contributed by atoms with E-state index in [2.05, 4.69) is 0 Å². The van der Waals surface area contributed by atoms with Crippen LogP contribution in [0.4, 0.5) is 0 Å². The zero-order chi connectivity index (χ0) is 13.1. The number of hydrogen-bond donors (Lipinski definition) is 0. The Morgan fingerprint density at radius 2 is 1.61 bits per heavy atom. The summed E-state index contributed by atoms with van der Waals surface area (Å²) in [7, 11) is 3.28. The van der Waals surface area contributed by atoms with Crippen molar-refractivity contribution >= 4 is 0 Å². The number of para-hydroxylation sites is 1. The van der Waals surface area contributed by atoms with E-state index in [0.717, 1.165) is 34.1 Å². The Morgan fingerprint density at radius 1 is 0.944 bits per heavy atom. The maximum Gasteiger partial charge on any atom is 0.327 e. The maximum atomic E-state index is 5.50. The van der Waals surface area contributed by atoms with Gasteiger partial charge in [0.25, 0.3) is 0 Å². The molecule has 3 heteroatoms. The van der Waals surface area contributed by atoms with Crippen LogP contribution in [0.15, 0.2) is 34.7 Å². The van der Waals surface area contributed by atoms with Gasteiger partial charge in [-0.2, -0.15) is 0 Å². The summed E-state index contributed by atoms with van der Waals surface area (Å²) in [6, 6.07) is 9.82. The second kappa shape index (κ2) is 5.08. The van der Waals surface area contributed by atoms with Crippen LogP contribution >= 0.6 is 0 Å². The Labute approximate surface area is 107 Å². The molecule has 0 aliphatic carbocycles. The fraction of sp³-hybridized carbons (Fsp3) is 0.267. The third kappa shape index (κ3) is 2.30. The third-order valence-electron chi connectivity index (χ3n) is 2.75. The first-order chi connectivity index (χ1) is 8.65. The van der Waals surface area contributed by atoms with E-state index in [9.17, 15) is 0 Å². The van der Waals surface area contributed by atoms with Crippen molar-refractivity contribution in [3.8, 4) is 22.6 Å². The molecule has 3 nitrogen and oxygen atoms in total. The molecule has 0 aliphatic rings. The Bertz CT molecular complexity index is 541. The minimum Gasteiger partial charge on any atom is -0.493 e. The fourth-order valence-electron chi connectivity index (χ4n) is 2.06. The average Bonchev–Trinajstić information content (AvgIpc) is 2.36. The largest absolute Gasteiger partial charge is 0.493 e. The second-order valence-electron chi connectivity index (χ2n) is 4.11. The fourth-order valence-corrected chi connectivity index (χ4v) is 2.06. The first-order valence-corrected chi connectivity index (χ1v) is 5.78. The van der Waals surface area contributed by atoms with Gasteiger partial charge in [0, 0.05) is 23.3 Å². The van der Waals surface area contributed by atoms with Gasteiger partial charge >= 0.3 is 11.5 Å². The van der Waals surface area contributed by atoms with E-state index in [1.165, 1.54) is 0 Å². The molecule has 0 aliphatic heterocycles. The van der Waals surface area contributed by atoms with Crippen molar-refractivity contribution in [2.45, 2.75) is 13.8 Å². The molecule has 94 valence electrons. The summed E-state index contributed by atoms with van der Waals surface area (Å²) >= 11 is 0. The van der Waals surface area contributed by atoms with Crippen LogP contribution < -0.4 is 9.47 Å². The standard InChI is InChI=1S/C15H17O3/c1-10-8-12(9-11(2)18-10)13-6-5-7-14(16-3)15(13)17-4/h5-9H,1-4H3/q+1. The highest BCUT2D eigenvalue weighted by molar-refractivity contribution is 5.74. The minimum absolute atomic E-state index is 0.728. The molecule has 18 heavy (non-hydrogen) atoms. The second-order valence-corrected chi connectivity index (χ2v) is 4.11. The molecule has 2 rings (SSSR count). The van der Waals surface area contributed by atoms with E-state index in [0.29, 0.717) is 0 Å². The van der Waals surface area contributed by atoms with Gasteiger partial charge in [0.2, 0.25) is 0 Å². The van der Waals surface area contributed by atoms with Crippen LogP contribution in [0.2, 0.25) is 0 Å². The monoisotopic (exact) mass is 245 g/mol. The highest BCUT2D eigenvalue weighted by Gasteiger charge is 2.15. The van der Waals surface area contributed by atoms with E-state index >= 15 is 0 Å². The number of hydrogen-bond acceptors (Lipinski definition) is 2. The molecule has 0 radical (unpaired) electrons. The number of ether oxygens (including phenoxy) is 2. The van der Waals surface area contributed by atoms with Crippen molar-refractivity contribution in [1.29, 1.82) is 0 Å². The minimum atomic E-state index is 0.728. The van der Waals surface area contributed by atoms with Crippen LogP contribution in [0.3, 0.4) is 0 Å². The van der Waals surface area contributed by atoms with Gasteiger partial charge in [-0.3, -0.25) is 0 Å². The molecule has 0 saturated carbocycles. The Morgan fingerprint density at radius 3 is 2.17 bits per heavy atom. The summed E-state index contributed by atoms with van der Waals surface area (Å²) < 4.78 is 16.3. The van der Waals surface area contributed by atoms with Crippen molar-refractivity contribution < 1.29 is 13.9 Å². The predicted molar refractivity (Wildman–Crippen MR) is 71.1 cm³/mol. The van der Waals surface area contributed by atoms with Crippen molar-refractivity contribution in [2.75, 3.05) is 14.2 Å². The number of aryl methyl sites for hydroxylation is 2. The zero-order valence-electron chi connectivity index (χ0n) is 11.1. The van der Waals surface area contributed by atoms with Crippen LogP contribution in [-0.4, -0.2) is 14.2 Å². The first-order valence-electron chi connectivity index (χ1n) is 5.78. The molecule has 1 aromatic carbocycles. The molecule has 0 amide bonds. The van der Waals surface area contributed by atoms with Gasteiger partial charge in [-0.15, -0.1) is 0 Å². The van der Waals surface area contributed by atoms with Crippen LogP contribution in [0.25, 0.3) is 11.1 Å². The first kappa shape index (κ1) is 12.4. The molecule has 0 saturated heterocycles. The molecule has 0 spiro atoms. The van der Waals surface area contributed by atoms with Gasteiger partial charge in [-0.1, -0.05) is 12.1 Å². The van der Waals surface area contributed by atoms with Crippen LogP contribution in [0.1, 0.15) is 11.5 Å². The normalized spacial score (nSPS) is 10.2. The lowest BCUT2D eigenvalue weighted by atomic mass is 10.0. The summed E-state index contributed by atoms with van der Waals surface area (Å²) in [6.45, 7) is 3.87. The quantitative estimate of drug-likeness (QED) is 0.769. The van der Waals surface area contributed by atoms with Gasteiger partial charge < -0.3 is 9.47 Å². The van der Waals surface area contributed by atoms with Crippen LogP contribution in [0, 0.1) is 13.8 Å². The summed E-state index contributed by atoms with van der Waals surface area (Å²) in [5.41, 5.74) is 2.06. The SMILES string of the molecule is COc1cccc(-c2cc(C)[o+]c(C)c2)c1OC. The highest BCUT2D eigenvalue weighted by atomic mass is 16.5. The topological polar surface area (TPSA) is 29.8 Å². The third-order valence-corrected chi connectivity index (χ3v) is 2.75. The molecule has 0 N–H and O–H groups in total. The number of benzene rings is 1. The van der Waals surface area contributed by atoms with Crippen molar-refractivity contribution in [1.82, 2.24) is 0 Å². The van der Waals surface area contributed by atoms with Gasteiger partial charge in [-0.05, 0) is 6.07 Å². The molecule has 2 aromatic rings. The van der Waals surface area contributed by atoms with Gasteiger partial charge in [0.1, 0.15) is 0 Å². The molecular weight excluding hydrogens is 228 g/mol. The molecule has 0 unspecified atom stereocenters. The average molecular weight is 245 g/mol. The number of methoxy groups -OCH3 is 2. The molecular formula is C15H17O3+. The predicted octanol–water partition coefficient (Wildman–Crippen LogP) is 3.86. The van der Waals surface area contributed by atoms with Crippen LogP contribution in [-0.2, 0) is 0 Å². The van der Waals surface area contributed by atoms with E-state index < -0.39 is 0 Å². The van der Waals surface area contributed by atoms with Gasteiger partial charge in [0.05, 0.1) is 28.1 Å². The van der Waals surface area contributed by atoms with E-state index in [1.54, 1.807) is 14.2 Å². The van der Waals surface area contributed by atoms with Crippen molar-refractivity contribution in [3.05, 3.63) is 41.9 Å². The zero-order valence-corrected chi connectivity index (χ0v) is 11.1. The number of rotatable bonds is 3. The van der Waals surface area contributed by atoms with Gasteiger partial charge in [-0.25, -0.2) is 4.42 Å². The van der Waals surface area contributed by atoms with E-state index in [4.69, 9.17) is 13.9 Å². The van der Waals surface area contributed by atoms with E-state index in [-0.39, 0.29) is 0 Å². The van der Waals surface area contributed by atoms with Gasteiger partial charge in [0.15, 0.2) is 11.5 Å². The Kier molecular flexibility index (Phi) is 3.51. The Hall–Kier alpha value is -2.03. The van der Waals surface area contributed by atoms with Crippen LogP contribution in [0.5, 0.6) is 11.5 Å². The summed E-state index contributed by atoms with van der Waals surface area (Å²) in [5.74, 6) is 3.21. The smallest absolute Gasteiger partial charge is 0.327 e. The molecule has 0 bridgehead atoms. The summed E-state index contributed by atoms with van der Waals surface area (Å²) in [6.07, 6.45) is 0. The lowest BCUT2D eigenvalue weighted by Crippen LogP contribution is -1.93.